The Morgan fingerprint density at radius 3 is 2.76 bits per heavy atom. The monoisotopic (exact) mass is 288 g/mol. The lowest BCUT2D eigenvalue weighted by atomic mass is 10.1. The number of nitro benzene ring substituents is 1. The predicted octanol–water partition coefficient (Wildman–Crippen LogP) is 1.96. The Kier molecular flexibility index (Phi) is 3.55. The van der Waals surface area contributed by atoms with Crippen LogP contribution in [0.3, 0.4) is 0 Å². The lowest BCUT2D eigenvalue weighted by molar-refractivity contribution is -0.384. The molecule has 0 spiro atoms. The predicted molar refractivity (Wildman–Crippen MR) is 76.8 cm³/mol. The quantitative estimate of drug-likeness (QED) is 0.638. The second-order valence-electron chi connectivity index (χ2n) is 5.24. The lowest BCUT2D eigenvalue weighted by Crippen LogP contribution is -2.37. The Bertz CT molecular complexity index is 689. The van der Waals surface area contributed by atoms with Crippen LogP contribution in [0, 0.1) is 10.1 Å². The molecule has 21 heavy (non-hydrogen) atoms. The molecule has 1 amide bonds. The first-order chi connectivity index (χ1) is 10.1. The van der Waals surface area contributed by atoms with Crippen LogP contribution in [0.2, 0.25) is 0 Å². The molecule has 1 aliphatic heterocycles. The summed E-state index contributed by atoms with van der Waals surface area (Å²) in [6.45, 7) is 1.80. The number of non-ortho nitro benzene ring substituents is 1. The summed E-state index contributed by atoms with van der Waals surface area (Å²) in [5.41, 5.74) is 0.773. The SMILES string of the molecule is O=C(Cn1ncc2cc([N+](=O)[O-])ccc21)N1CCCCC1. The molecule has 1 aromatic heterocycles. The zero-order valence-corrected chi connectivity index (χ0v) is 11.6. The van der Waals surface area contributed by atoms with Crippen molar-refractivity contribution in [1.29, 1.82) is 0 Å². The third-order valence-electron chi connectivity index (χ3n) is 3.83. The van der Waals surface area contributed by atoms with E-state index in [0.29, 0.717) is 5.39 Å². The number of nitro groups is 1. The molecule has 0 unspecified atom stereocenters. The van der Waals surface area contributed by atoms with Gasteiger partial charge >= 0.3 is 0 Å². The normalized spacial score (nSPS) is 15.3. The molecular weight excluding hydrogens is 272 g/mol. The first-order valence-electron chi connectivity index (χ1n) is 7.03. The molecule has 0 aliphatic carbocycles. The van der Waals surface area contributed by atoms with Gasteiger partial charge in [0.05, 0.1) is 16.6 Å². The molecule has 0 atom stereocenters. The topological polar surface area (TPSA) is 81.3 Å². The largest absolute Gasteiger partial charge is 0.341 e. The number of benzene rings is 1. The van der Waals surface area contributed by atoms with Crippen molar-refractivity contribution in [2.75, 3.05) is 13.1 Å². The lowest BCUT2D eigenvalue weighted by Gasteiger charge is -2.26. The van der Waals surface area contributed by atoms with E-state index in [0.717, 1.165) is 31.4 Å². The molecule has 2 aromatic rings. The van der Waals surface area contributed by atoms with Crippen LogP contribution in [0.25, 0.3) is 10.9 Å². The third kappa shape index (κ3) is 2.72. The van der Waals surface area contributed by atoms with Crippen molar-refractivity contribution < 1.29 is 9.72 Å². The minimum Gasteiger partial charge on any atom is -0.341 e. The fourth-order valence-corrected chi connectivity index (χ4v) is 2.69. The summed E-state index contributed by atoms with van der Waals surface area (Å²) in [5.74, 6) is 0.0538. The van der Waals surface area contributed by atoms with Gasteiger partial charge in [-0.25, -0.2) is 0 Å². The van der Waals surface area contributed by atoms with Gasteiger partial charge in [-0.2, -0.15) is 5.10 Å². The number of hydrogen-bond donors (Lipinski definition) is 0. The molecule has 0 N–H and O–H groups in total. The van der Waals surface area contributed by atoms with Gasteiger partial charge in [-0.05, 0) is 25.3 Å². The second kappa shape index (κ2) is 5.51. The zero-order chi connectivity index (χ0) is 14.8. The van der Waals surface area contributed by atoms with Gasteiger partial charge in [-0.3, -0.25) is 19.6 Å². The number of fused-ring (bicyclic) bond motifs is 1. The first kappa shape index (κ1) is 13.5. The highest BCUT2D eigenvalue weighted by Crippen LogP contribution is 2.20. The first-order valence-corrected chi connectivity index (χ1v) is 7.03. The highest BCUT2D eigenvalue weighted by atomic mass is 16.6. The van der Waals surface area contributed by atoms with E-state index in [1.807, 2.05) is 4.90 Å². The van der Waals surface area contributed by atoms with Gasteiger partial charge in [0, 0.05) is 30.6 Å². The van der Waals surface area contributed by atoms with Crippen LogP contribution >= 0.6 is 0 Å². The Hall–Kier alpha value is -2.44. The summed E-state index contributed by atoms with van der Waals surface area (Å²) in [6.07, 6.45) is 4.85. The molecule has 0 radical (unpaired) electrons. The van der Waals surface area contributed by atoms with Gasteiger partial charge in [0.2, 0.25) is 5.91 Å². The molecular formula is C14H16N4O3. The van der Waals surface area contributed by atoms with Crippen LogP contribution in [0.1, 0.15) is 19.3 Å². The van der Waals surface area contributed by atoms with Crippen LogP contribution in [-0.4, -0.2) is 38.6 Å². The Morgan fingerprint density at radius 1 is 1.29 bits per heavy atom. The van der Waals surface area contributed by atoms with Crippen molar-refractivity contribution >= 4 is 22.5 Å². The van der Waals surface area contributed by atoms with E-state index in [4.69, 9.17) is 0 Å². The van der Waals surface area contributed by atoms with Gasteiger partial charge in [-0.15, -0.1) is 0 Å². The van der Waals surface area contributed by atoms with Gasteiger partial charge in [0.1, 0.15) is 6.54 Å². The number of amides is 1. The van der Waals surface area contributed by atoms with E-state index >= 15 is 0 Å². The summed E-state index contributed by atoms with van der Waals surface area (Å²) in [6, 6.07) is 4.56. The van der Waals surface area contributed by atoms with Crippen LogP contribution in [0.4, 0.5) is 5.69 Å². The van der Waals surface area contributed by atoms with E-state index in [1.54, 1.807) is 16.9 Å². The average molecular weight is 288 g/mol. The van der Waals surface area contributed by atoms with Crippen LogP contribution in [0.5, 0.6) is 0 Å². The summed E-state index contributed by atoms with van der Waals surface area (Å²) in [4.78, 5) is 24.4. The Labute approximate surface area is 121 Å². The standard InChI is InChI=1S/C14H16N4O3/c19-14(16-6-2-1-3-7-16)10-17-13-5-4-12(18(20)21)8-11(13)9-15-17/h4-5,8-9H,1-3,6-7,10H2. The van der Waals surface area contributed by atoms with Crippen molar-refractivity contribution in [2.45, 2.75) is 25.8 Å². The molecule has 7 nitrogen and oxygen atoms in total. The highest BCUT2D eigenvalue weighted by Gasteiger charge is 2.18. The fraction of sp³-hybridized carbons (Fsp3) is 0.429. The fourth-order valence-electron chi connectivity index (χ4n) is 2.69. The van der Waals surface area contributed by atoms with Crippen LogP contribution < -0.4 is 0 Å². The van der Waals surface area contributed by atoms with E-state index in [9.17, 15) is 14.9 Å². The van der Waals surface area contributed by atoms with E-state index in [2.05, 4.69) is 5.10 Å². The smallest absolute Gasteiger partial charge is 0.270 e. The van der Waals surface area contributed by atoms with Crippen molar-refractivity contribution in [3.63, 3.8) is 0 Å². The van der Waals surface area contributed by atoms with E-state index < -0.39 is 4.92 Å². The minimum absolute atomic E-state index is 0.0319. The molecule has 3 rings (SSSR count). The second-order valence-corrected chi connectivity index (χ2v) is 5.24. The number of carbonyl (C=O) groups is 1. The molecule has 1 aliphatic rings. The van der Waals surface area contributed by atoms with Crippen LogP contribution in [0.15, 0.2) is 24.4 Å². The maximum Gasteiger partial charge on any atom is 0.270 e. The summed E-state index contributed by atoms with van der Waals surface area (Å²) >= 11 is 0. The van der Waals surface area contributed by atoms with Gasteiger partial charge in [0.15, 0.2) is 0 Å². The van der Waals surface area contributed by atoms with Gasteiger partial charge in [0.25, 0.3) is 5.69 Å². The molecule has 1 fully saturated rings. The Balaban J connectivity index is 1.80. The average Bonchev–Trinajstić information content (AvgIpc) is 2.90. The molecule has 110 valence electrons. The number of nitrogens with zero attached hydrogens (tertiary/aromatic N) is 4. The molecule has 1 saturated heterocycles. The van der Waals surface area contributed by atoms with Crippen molar-refractivity contribution in [2.24, 2.45) is 0 Å². The molecule has 0 saturated carbocycles. The summed E-state index contributed by atoms with van der Waals surface area (Å²) in [5, 5.41) is 15.6. The number of carbonyl (C=O) groups excluding carboxylic acids is 1. The van der Waals surface area contributed by atoms with E-state index in [1.165, 1.54) is 18.6 Å². The van der Waals surface area contributed by atoms with Crippen molar-refractivity contribution in [1.82, 2.24) is 14.7 Å². The third-order valence-corrected chi connectivity index (χ3v) is 3.83. The van der Waals surface area contributed by atoms with Crippen molar-refractivity contribution in [3.05, 3.63) is 34.5 Å². The number of rotatable bonds is 3. The zero-order valence-electron chi connectivity index (χ0n) is 11.6. The maximum atomic E-state index is 12.2. The van der Waals surface area contributed by atoms with Gasteiger partial charge < -0.3 is 4.90 Å². The summed E-state index contributed by atoms with van der Waals surface area (Å²) < 4.78 is 1.61. The number of piperidine rings is 1. The van der Waals surface area contributed by atoms with Crippen molar-refractivity contribution in [3.8, 4) is 0 Å². The number of aromatic nitrogens is 2. The molecule has 2 heterocycles. The number of likely N-dealkylation sites (tertiary alicyclic amines) is 1. The molecule has 1 aromatic carbocycles. The van der Waals surface area contributed by atoms with E-state index in [-0.39, 0.29) is 18.1 Å². The number of hydrogen-bond acceptors (Lipinski definition) is 4. The van der Waals surface area contributed by atoms with Crippen LogP contribution in [-0.2, 0) is 11.3 Å². The summed E-state index contributed by atoms with van der Waals surface area (Å²) in [7, 11) is 0. The maximum absolute atomic E-state index is 12.2. The Morgan fingerprint density at radius 2 is 2.05 bits per heavy atom. The highest BCUT2D eigenvalue weighted by molar-refractivity contribution is 5.83. The van der Waals surface area contributed by atoms with Gasteiger partial charge in [-0.1, -0.05) is 0 Å². The molecule has 7 heteroatoms. The minimum atomic E-state index is -0.435. The molecule has 0 bridgehead atoms.